The number of aromatic nitrogens is 1. The Hall–Kier alpha value is -2.27. The number of carbonyl (C=O) groups excluding carboxylic acids is 1. The smallest absolute Gasteiger partial charge is 0.253 e. The van der Waals surface area contributed by atoms with Gasteiger partial charge in [-0.3, -0.25) is 4.79 Å². The number of hydrogen-bond donors (Lipinski definition) is 0. The van der Waals surface area contributed by atoms with Gasteiger partial charge >= 0.3 is 0 Å². The summed E-state index contributed by atoms with van der Waals surface area (Å²) in [5.41, 5.74) is 2.39. The van der Waals surface area contributed by atoms with Crippen molar-refractivity contribution >= 4 is 27.5 Å². The van der Waals surface area contributed by atoms with E-state index in [9.17, 15) is 9.18 Å². The highest BCUT2D eigenvalue weighted by Crippen LogP contribution is 2.30. The van der Waals surface area contributed by atoms with E-state index in [1.807, 2.05) is 38.1 Å². The predicted octanol–water partition coefficient (Wildman–Crippen LogP) is 4.58. The molecule has 0 spiro atoms. The van der Waals surface area contributed by atoms with E-state index in [4.69, 9.17) is 0 Å². The highest BCUT2D eigenvalue weighted by atomic mass is 32.1. The lowest BCUT2D eigenvalue weighted by molar-refractivity contribution is 0.0773. The van der Waals surface area contributed by atoms with Crippen LogP contribution in [0.25, 0.3) is 20.8 Å². The number of rotatable bonds is 4. The van der Waals surface area contributed by atoms with Gasteiger partial charge in [0, 0.05) is 24.2 Å². The zero-order valence-corrected chi connectivity index (χ0v) is 13.9. The van der Waals surface area contributed by atoms with Gasteiger partial charge in [0.25, 0.3) is 5.91 Å². The Morgan fingerprint density at radius 1 is 1.13 bits per heavy atom. The van der Waals surface area contributed by atoms with Gasteiger partial charge in [-0.2, -0.15) is 0 Å². The lowest BCUT2D eigenvalue weighted by Crippen LogP contribution is -2.30. The molecule has 1 aromatic heterocycles. The van der Waals surface area contributed by atoms with Gasteiger partial charge in [-0.15, -0.1) is 11.3 Å². The van der Waals surface area contributed by atoms with E-state index in [-0.39, 0.29) is 11.7 Å². The number of thiazole rings is 1. The van der Waals surface area contributed by atoms with Crippen molar-refractivity contribution in [2.45, 2.75) is 13.8 Å². The first kappa shape index (κ1) is 15.6. The summed E-state index contributed by atoms with van der Waals surface area (Å²) < 4.78 is 14.1. The molecule has 0 bridgehead atoms. The van der Waals surface area contributed by atoms with Crippen LogP contribution in [-0.4, -0.2) is 28.9 Å². The van der Waals surface area contributed by atoms with Crippen LogP contribution < -0.4 is 0 Å². The molecule has 0 radical (unpaired) electrons. The Labute approximate surface area is 138 Å². The highest BCUT2D eigenvalue weighted by molar-refractivity contribution is 7.21. The Kier molecular flexibility index (Phi) is 4.39. The van der Waals surface area contributed by atoms with Crippen molar-refractivity contribution in [3.63, 3.8) is 0 Å². The van der Waals surface area contributed by atoms with Crippen LogP contribution >= 0.6 is 11.3 Å². The monoisotopic (exact) mass is 328 g/mol. The Morgan fingerprint density at radius 3 is 2.48 bits per heavy atom. The van der Waals surface area contributed by atoms with Gasteiger partial charge < -0.3 is 4.90 Å². The van der Waals surface area contributed by atoms with Crippen LogP contribution in [-0.2, 0) is 0 Å². The Morgan fingerprint density at radius 2 is 1.83 bits per heavy atom. The second-order valence-electron chi connectivity index (χ2n) is 5.19. The van der Waals surface area contributed by atoms with Crippen LogP contribution in [0.2, 0.25) is 0 Å². The minimum Gasteiger partial charge on any atom is -0.339 e. The standard InChI is InChI=1S/C18H17FN2OS/c1-3-21(4-2)18(22)13-7-5-12(6-8-13)17-20-15-10-9-14(19)11-16(15)23-17/h5-11H,3-4H2,1-2H3. The second-order valence-corrected chi connectivity index (χ2v) is 6.22. The molecule has 1 amide bonds. The van der Waals surface area contributed by atoms with Crippen molar-refractivity contribution in [2.75, 3.05) is 13.1 Å². The summed E-state index contributed by atoms with van der Waals surface area (Å²) in [6.45, 7) is 5.33. The van der Waals surface area contributed by atoms with Crippen molar-refractivity contribution in [3.05, 3.63) is 53.8 Å². The molecule has 5 heteroatoms. The van der Waals surface area contributed by atoms with E-state index < -0.39 is 0 Å². The highest BCUT2D eigenvalue weighted by Gasteiger charge is 2.13. The summed E-state index contributed by atoms with van der Waals surface area (Å²) in [7, 11) is 0. The molecule has 118 valence electrons. The van der Waals surface area contributed by atoms with Crippen LogP contribution in [0.5, 0.6) is 0 Å². The number of halogens is 1. The molecule has 1 heterocycles. The molecular weight excluding hydrogens is 311 g/mol. The van der Waals surface area contributed by atoms with Crippen molar-refractivity contribution in [1.82, 2.24) is 9.88 Å². The summed E-state index contributed by atoms with van der Waals surface area (Å²) in [6, 6.07) is 12.0. The molecular formula is C18H17FN2OS. The molecule has 3 rings (SSSR count). The zero-order chi connectivity index (χ0) is 16.4. The predicted molar refractivity (Wildman–Crippen MR) is 92.3 cm³/mol. The average Bonchev–Trinajstić information content (AvgIpc) is 2.99. The maximum atomic E-state index is 13.3. The first-order valence-corrected chi connectivity index (χ1v) is 8.39. The quantitative estimate of drug-likeness (QED) is 0.702. The van der Waals surface area contributed by atoms with Gasteiger partial charge in [0.05, 0.1) is 10.2 Å². The molecule has 0 N–H and O–H groups in total. The lowest BCUT2D eigenvalue weighted by Gasteiger charge is -2.18. The van der Waals surface area contributed by atoms with Crippen molar-refractivity contribution in [2.24, 2.45) is 0 Å². The summed E-state index contributed by atoms with van der Waals surface area (Å²) in [6.07, 6.45) is 0. The Balaban J connectivity index is 1.90. The van der Waals surface area contributed by atoms with Gasteiger partial charge in [-0.05, 0) is 44.2 Å². The molecule has 0 aliphatic heterocycles. The third-order valence-corrected chi connectivity index (χ3v) is 4.85. The zero-order valence-electron chi connectivity index (χ0n) is 13.0. The first-order chi connectivity index (χ1) is 11.1. The summed E-state index contributed by atoms with van der Waals surface area (Å²) >= 11 is 1.45. The number of fused-ring (bicyclic) bond motifs is 1. The fourth-order valence-corrected chi connectivity index (χ4v) is 3.47. The second kappa shape index (κ2) is 6.46. The molecule has 0 saturated carbocycles. The molecule has 3 nitrogen and oxygen atoms in total. The average molecular weight is 328 g/mol. The molecule has 0 unspecified atom stereocenters. The maximum absolute atomic E-state index is 13.3. The fraction of sp³-hybridized carbons (Fsp3) is 0.222. The SMILES string of the molecule is CCN(CC)C(=O)c1ccc(-c2nc3ccc(F)cc3s2)cc1. The van der Waals surface area contributed by atoms with Gasteiger partial charge in [0.1, 0.15) is 10.8 Å². The topological polar surface area (TPSA) is 33.2 Å². The molecule has 0 atom stereocenters. The fourth-order valence-electron chi connectivity index (χ4n) is 2.47. The number of benzene rings is 2. The lowest BCUT2D eigenvalue weighted by atomic mass is 10.1. The summed E-state index contributed by atoms with van der Waals surface area (Å²) in [5.74, 6) is -0.221. The normalized spacial score (nSPS) is 10.9. The van der Waals surface area contributed by atoms with E-state index in [2.05, 4.69) is 4.98 Å². The van der Waals surface area contributed by atoms with E-state index >= 15 is 0 Å². The third kappa shape index (κ3) is 3.10. The number of nitrogens with zero attached hydrogens (tertiary/aromatic N) is 2. The minimum atomic E-state index is -0.257. The van der Waals surface area contributed by atoms with Crippen molar-refractivity contribution in [3.8, 4) is 10.6 Å². The van der Waals surface area contributed by atoms with Crippen LogP contribution in [0.1, 0.15) is 24.2 Å². The van der Waals surface area contributed by atoms with Crippen LogP contribution in [0, 0.1) is 5.82 Å². The molecule has 0 saturated heterocycles. The molecule has 0 aliphatic carbocycles. The maximum Gasteiger partial charge on any atom is 0.253 e. The number of hydrogen-bond acceptors (Lipinski definition) is 3. The summed E-state index contributed by atoms with van der Waals surface area (Å²) in [5, 5.41) is 0.826. The van der Waals surface area contributed by atoms with Gasteiger partial charge in [-0.25, -0.2) is 9.37 Å². The van der Waals surface area contributed by atoms with E-state index in [1.54, 1.807) is 11.0 Å². The van der Waals surface area contributed by atoms with Crippen molar-refractivity contribution in [1.29, 1.82) is 0 Å². The van der Waals surface area contributed by atoms with Gasteiger partial charge in [-0.1, -0.05) is 12.1 Å². The summed E-state index contributed by atoms with van der Waals surface area (Å²) in [4.78, 5) is 18.6. The molecule has 0 fully saturated rings. The molecule has 3 aromatic rings. The van der Waals surface area contributed by atoms with E-state index in [1.165, 1.54) is 23.5 Å². The largest absolute Gasteiger partial charge is 0.339 e. The van der Waals surface area contributed by atoms with Crippen LogP contribution in [0.3, 0.4) is 0 Å². The van der Waals surface area contributed by atoms with E-state index in [0.29, 0.717) is 18.7 Å². The Bertz CT molecular complexity index is 838. The minimum absolute atomic E-state index is 0.0351. The van der Waals surface area contributed by atoms with E-state index in [0.717, 1.165) is 20.8 Å². The van der Waals surface area contributed by atoms with Crippen LogP contribution in [0.4, 0.5) is 4.39 Å². The van der Waals surface area contributed by atoms with Gasteiger partial charge in [0.2, 0.25) is 0 Å². The molecule has 0 aliphatic rings. The van der Waals surface area contributed by atoms with Crippen LogP contribution in [0.15, 0.2) is 42.5 Å². The number of amides is 1. The molecule has 2 aromatic carbocycles. The number of carbonyl (C=O) groups is 1. The third-order valence-electron chi connectivity index (χ3n) is 3.78. The van der Waals surface area contributed by atoms with Gasteiger partial charge in [0.15, 0.2) is 0 Å². The first-order valence-electron chi connectivity index (χ1n) is 7.58. The molecule has 23 heavy (non-hydrogen) atoms. The van der Waals surface area contributed by atoms with Crippen molar-refractivity contribution < 1.29 is 9.18 Å².